The zero-order valence-electron chi connectivity index (χ0n) is 8.49. The number of nitrogens with one attached hydrogen (secondary N) is 1. The Kier molecular flexibility index (Phi) is 3.21. The van der Waals surface area contributed by atoms with Crippen molar-refractivity contribution in [1.29, 1.82) is 0 Å². The molecule has 11 heteroatoms. The zero-order valence-corrected chi connectivity index (χ0v) is 10.1. The van der Waals surface area contributed by atoms with Gasteiger partial charge in [0.05, 0.1) is 17.7 Å². The predicted octanol–water partition coefficient (Wildman–Crippen LogP) is -0.00200. The minimum Gasteiger partial charge on any atom is -0.287 e. The lowest BCUT2D eigenvalue weighted by molar-refractivity contribution is -0.386. The van der Waals surface area contributed by atoms with Gasteiger partial charge in [0.1, 0.15) is 5.01 Å². The zero-order chi connectivity index (χ0) is 13.3. The highest BCUT2D eigenvalue weighted by molar-refractivity contribution is 7.15. The second-order valence-electron chi connectivity index (χ2n) is 3.11. The molecular weight excluding hydrogens is 286 g/mol. The van der Waals surface area contributed by atoms with Crippen LogP contribution in [-0.2, 0) is 6.54 Å². The summed E-state index contributed by atoms with van der Waals surface area (Å²) in [4.78, 5) is 34.1. The molecule has 0 saturated carbocycles. The number of nitrogens with zero attached hydrogens (tertiary/aromatic N) is 4. The lowest BCUT2D eigenvalue weighted by Crippen LogP contribution is -2.31. The molecule has 0 amide bonds. The molecular formula is C7H4ClN5O4S. The van der Waals surface area contributed by atoms with Gasteiger partial charge >= 0.3 is 16.9 Å². The molecule has 0 fully saturated rings. The van der Waals surface area contributed by atoms with Gasteiger partial charge in [-0.3, -0.25) is 24.5 Å². The van der Waals surface area contributed by atoms with Crippen molar-refractivity contribution >= 4 is 28.6 Å². The Labute approximate surface area is 107 Å². The van der Waals surface area contributed by atoms with E-state index in [1.54, 1.807) is 0 Å². The van der Waals surface area contributed by atoms with Gasteiger partial charge in [0.2, 0.25) is 4.47 Å². The summed E-state index contributed by atoms with van der Waals surface area (Å²) in [5, 5.41) is 18.2. The molecule has 94 valence electrons. The third kappa shape index (κ3) is 2.43. The fraction of sp³-hybridized carbons (Fsp3) is 0.143. The van der Waals surface area contributed by atoms with Crippen LogP contribution in [0, 0.1) is 10.1 Å². The van der Waals surface area contributed by atoms with E-state index in [-0.39, 0.29) is 11.0 Å². The first kappa shape index (κ1) is 12.4. The molecule has 2 aromatic rings. The van der Waals surface area contributed by atoms with Crippen LogP contribution in [0.25, 0.3) is 0 Å². The molecule has 0 aliphatic rings. The predicted molar refractivity (Wildman–Crippen MR) is 62.0 cm³/mol. The highest BCUT2D eigenvalue weighted by Crippen LogP contribution is 2.15. The maximum Gasteiger partial charge on any atom is 0.350 e. The monoisotopic (exact) mass is 289 g/mol. The number of halogens is 1. The maximum atomic E-state index is 11.4. The average Bonchev–Trinajstić information content (AvgIpc) is 2.67. The SMILES string of the molecule is O=c1[nH]c(=O)n(Cc2nnc(Cl)s2)cc1[N+](=O)[O-]. The van der Waals surface area contributed by atoms with Crippen LogP contribution in [-0.4, -0.2) is 24.7 Å². The number of rotatable bonds is 3. The van der Waals surface area contributed by atoms with Gasteiger partial charge < -0.3 is 0 Å². The van der Waals surface area contributed by atoms with E-state index in [9.17, 15) is 19.7 Å². The highest BCUT2D eigenvalue weighted by atomic mass is 35.5. The van der Waals surface area contributed by atoms with Gasteiger partial charge in [-0.25, -0.2) is 4.79 Å². The number of hydrogen-bond donors (Lipinski definition) is 1. The summed E-state index contributed by atoms with van der Waals surface area (Å²) < 4.78 is 1.15. The first-order chi connectivity index (χ1) is 8.47. The minimum absolute atomic E-state index is 0.0547. The Morgan fingerprint density at radius 2 is 2.22 bits per heavy atom. The van der Waals surface area contributed by atoms with Crippen molar-refractivity contribution in [3.8, 4) is 0 Å². The molecule has 1 N–H and O–H groups in total. The first-order valence-corrected chi connectivity index (χ1v) is 5.63. The summed E-state index contributed by atoms with van der Waals surface area (Å²) in [6.07, 6.45) is 0.858. The molecule has 9 nitrogen and oxygen atoms in total. The van der Waals surface area contributed by atoms with Crippen LogP contribution in [0.3, 0.4) is 0 Å². The van der Waals surface area contributed by atoms with E-state index in [4.69, 9.17) is 11.6 Å². The van der Waals surface area contributed by atoms with Crippen molar-refractivity contribution < 1.29 is 4.92 Å². The van der Waals surface area contributed by atoms with Gasteiger partial charge in [-0.15, -0.1) is 10.2 Å². The van der Waals surface area contributed by atoms with E-state index in [1.807, 2.05) is 4.98 Å². The Balaban J connectivity index is 2.45. The van der Waals surface area contributed by atoms with Crippen LogP contribution in [0.1, 0.15) is 5.01 Å². The van der Waals surface area contributed by atoms with Crippen molar-refractivity contribution in [3.63, 3.8) is 0 Å². The van der Waals surface area contributed by atoms with Crippen molar-refractivity contribution in [1.82, 2.24) is 19.7 Å². The third-order valence-electron chi connectivity index (χ3n) is 1.94. The maximum absolute atomic E-state index is 11.4. The minimum atomic E-state index is -1.04. The summed E-state index contributed by atoms with van der Waals surface area (Å²) in [6, 6.07) is 0. The van der Waals surface area contributed by atoms with E-state index < -0.39 is 21.9 Å². The van der Waals surface area contributed by atoms with Crippen LogP contribution in [0.2, 0.25) is 4.47 Å². The summed E-state index contributed by atoms with van der Waals surface area (Å²) in [7, 11) is 0. The van der Waals surface area contributed by atoms with Crippen LogP contribution >= 0.6 is 22.9 Å². The van der Waals surface area contributed by atoms with E-state index in [0.717, 1.165) is 22.1 Å². The number of hydrogen-bond acceptors (Lipinski definition) is 7. The Hall–Kier alpha value is -2.07. The summed E-state index contributed by atoms with van der Waals surface area (Å²) in [6.45, 7) is -0.0547. The van der Waals surface area contributed by atoms with Gasteiger partial charge in [-0.05, 0) is 11.6 Å². The summed E-state index contributed by atoms with van der Waals surface area (Å²) in [5.41, 5.74) is -2.53. The molecule has 2 rings (SSSR count). The van der Waals surface area contributed by atoms with E-state index in [0.29, 0.717) is 5.01 Å². The molecule has 0 unspecified atom stereocenters. The molecule has 18 heavy (non-hydrogen) atoms. The molecule has 0 bridgehead atoms. The Bertz CT molecular complexity index is 719. The van der Waals surface area contributed by atoms with Gasteiger partial charge in [-0.1, -0.05) is 11.3 Å². The fourth-order valence-corrected chi connectivity index (χ4v) is 2.05. The second-order valence-corrected chi connectivity index (χ2v) is 4.75. The average molecular weight is 290 g/mol. The van der Waals surface area contributed by atoms with E-state index in [1.165, 1.54) is 0 Å². The fourth-order valence-electron chi connectivity index (χ4n) is 1.19. The van der Waals surface area contributed by atoms with Crippen molar-refractivity contribution in [2.45, 2.75) is 6.54 Å². The second kappa shape index (κ2) is 4.66. The largest absolute Gasteiger partial charge is 0.350 e. The smallest absolute Gasteiger partial charge is 0.287 e. The summed E-state index contributed by atoms with van der Waals surface area (Å²) >= 11 is 6.60. The highest BCUT2D eigenvalue weighted by Gasteiger charge is 2.15. The van der Waals surface area contributed by atoms with Gasteiger partial charge in [0.15, 0.2) is 0 Å². The molecule has 2 aromatic heterocycles. The molecule has 0 aliphatic heterocycles. The van der Waals surface area contributed by atoms with E-state index in [2.05, 4.69) is 10.2 Å². The van der Waals surface area contributed by atoms with Crippen molar-refractivity contribution in [2.24, 2.45) is 0 Å². The molecule has 0 aromatic carbocycles. The van der Waals surface area contributed by atoms with Crippen LogP contribution in [0.4, 0.5) is 5.69 Å². The third-order valence-corrected chi connectivity index (χ3v) is 2.94. The lowest BCUT2D eigenvalue weighted by Gasteiger charge is -2.00. The topological polar surface area (TPSA) is 124 Å². The quantitative estimate of drug-likeness (QED) is 0.626. The Morgan fingerprint density at radius 1 is 1.50 bits per heavy atom. The van der Waals surface area contributed by atoms with Crippen molar-refractivity contribution in [2.75, 3.05) is 0 Å². The van der Waals surface area contributed by atoms with Crippen LogP contribution in [0.15, 0.2) is 15.8 Å². The molecule has 0 saturated heterocycles. The number of aromatic nitrogens is 4. The standard InChI is InChI=1S/C7H4ClN5O4S/c8-6-11-10-4(18-6)2-12-1-3(13(16)17)5(14)9-7(12)15/h1H,2H2,(H,9,14,15). The molecule has 2 heterocycles. The number of nitro groups is 1. The molecule has 0 aliphatic carbocycles. The normalized spacial score (nSPS) is 10.5. The summed E-state index contributed by atoms with van der Waals surface area (Å²) in [5.74, 6) is 0. The molecule has 0 atom stereocenters. The molecule has 0 spiro atoms. The van der Waals surface area contributed by atoms with E-state index >= 15 is 0 Å². The first-order valence-electron chi connectivity index (χ1n) is 4.43. The lowest BCUT2D eigenvalue weighted by atomic mass is 10.5. The van der Waals surface area contributed by atoms with Gasteiger partial charge in [0, 0.05) is 0 Å². The number of aromatic amines is 1. The van der Waals surface area contributed by atoms with Crippen LogP contribution in [0.5, 0.6) is 0 Å². The number of H-pyrrole nitrogens is 1. The van der Waals surface area contributed by atoms with Gasteiger partial charge in [-0.2, -0.15) is 0 Å². The Morgan fingerprint density at radius 3 is 2.78 bits per heavy atom. The van der Waals surface area contributed by atoms with Crippen LogP contribution < -0.4 is 11.2 Å². The van der Waals surface area contributed by atoms with Crippen molar-refractivity contribution in [3.05, 3.63) is 46.6 Å². The van der Waals surface area contributed by atoms with Gasteiger partial charge in [0.25, 0.3) is 0 Å². The molecule has 0 radical (unpaired) electrons.